The molecule has 21 heavy (non-hydrogen) atoms. The second-order valence-electron chi connectivity index (χ2n) is 5.82. The van der Waals surface area contributed by atoms with Crippen LogP contribution >= 0.6 is 0 Å². The summed E-state index contributed by atoms with van der Waals surface area (Å²) < 4.78 is 10.7. The van der Waals surface area contributed by atoms with Gasteiger partial charge in [0.2, 0.25) is 0 Å². The summed E-state index contributed by atoms with van der Waals surface area (Å²) in [5.41, 5.74) is 1.22. The van der Waals surface area contributed by atoms with Crippen LogP contribution in [-0.4, -0.2) is 32.0 Å². The molecule has 1 saturated carbocycles. The number of aliphatic hydroxyl groups is 1. The van der Waals surface area contributed by atoms with E-state index in [9.17, 15) is 5.11 Å². The summed E-state index contributed by atoms with van der Waals surface area (Å²) in [6.07, 6.45) is 3.91. The molecule has 0 aliphatic heterocycles. The zero-order chi connectivity index (χ0) is 15.2. The maximum absolute atomic E-state index is 9.61. The van der Waals surface area contributed by atoms with Crippen molar-refractivity contribution in [1.82, 2.24) is 5.32 Å². The highest BCUT2D eigenvalue weighted by Crippen LogP contribution is 2.31. The first kappa shape index (κ1) is 16.1. The van der Waals surface area contributed by atoms with Crippen molar-refractivity contribution in [2.75, 3.05) is 20.8 Å². The van der Waals surface area contributed by atoms with Crippen LogP contribution < -0.4 is 14.8 Å². The molecule has 4 nitrogen and oxygen atoms in total. The van der Waals surface area contributed by atoms with Gasteiger partial charge in [-0.1, -0.05) is 13.0 Å². The molecule has 0 radical (unpaired) electrons. The van der Waals surface area contributed by atoms with Gasteiger partial charge in [0.1, 0.15) is 0 Å². The van der Waals surface area contributed by atoms with Gasteiger partial charge in [0.25, 0.3) is 0 Å². The molecule has 1 aliphatic rings. The van der Waals surface area contributed by atoms with Gasteiger partial charge >= 0.3 is 0 Å². The molecule has 2 rings (SSSR count). The van der Waals surface area contributed by atoms with E-state index < -0.39 is 0 Å². The van der Waals surface area contributed by atoms with Gasteiger partial charge in [-0.25, -0.2) is 0 Å². The first-order valence-corrected chi connectivity index (χ1v) is 7.81. The van der Waals surface area contributed by atoms with Crippen molar-refractivity contribution < 1.29 is 14.6 Å². The number of rotatable bonds is 7. The minimum absolute atomic E-state index is 0.0991. The molecule has 3 unspecified atom stereocenters. The predicted octanol–water partition coefficient (Wildman–Crippen LogP) is 2.91. The monoisotopic (exact) mass is 293 g/mol. The molecule has 1 fully saturated rings. The van der Waals surface area contributed by atoms with Crippen molar-refractivity contribution in [3.8, 4) is 11.5 Å². The Balaban J connectivity index is 1.99. The van der Waals surface area contributed by atoms with Gasteiger partial charge in [0.05, 0.1) is 20.3 Å². The third-order valence-electron chi connectivity index (χ3n) is 4.38. The largest absolute Gasteiger partial charge is 0.493 e. The highest BCUT2D eigenvalue weighted by Gasteiger charge is 2.23. The average Bonchev–Trinajstić information content (AvgIpc) is 2.93. The highest BCUT2D eigenvalue weighted by atomic mass is 16.5. The molecule has 118 valence electrons. The summed E-state index contributed by atoms with van der Waals surface area (Å²) in [6, 6.07) is 6.40. The number of ether oxygens (including phenoxy) is 2. The van der Waals surface area contributed by atoms with Gasteiger partial charge in [-0.05, 0) is 55.8 Å². The third kappa shape index (κ3) is 4.11. The quantitative estimate of drug-likeness (QED) is 0.811. The number of benzene rings is 1. The number of hydrogen-bond acceptors (Lipinski definition) is 4. The Morgan fingerprint density at radius 3 is 2.57 bits per heavy atom. The van der Waals surface area contributed by atoms with Gasteiger partial charge in [-0.15, -0.1) is 0 Å². The lowest BCUT2D eigenvalue weighted by molar-refractivity contribution is 0.177. The Morgan fingerprint density at radius 1 is 1.24 bits per heavy atom. The van der Waals surface area contributed by atoms with Crippen molar-refractivity contribution in [2.45, 2.75) is 44.8 Å². The smallest absolute Gasteiger partial charge is 0.161 e. The molecule has 0 bridgehead atoms. The van der Waals surface area contributed by atoms with Crippen molar-refractivity contribution in [2.24, 2.45) is 5.92 Å². The number of methoxy groups -OCH3 is 2. The van der Waals surface area contributed by atoms with Crippen molar-refractivity contribution in [3.63, 3.8) is 0 Å². The van der Waals surface area contributed by atoms with E-state index in [4.69, 9.17) is 9.47 Å². The molecule has 3 atom stereocenters. The van der Waals surface area contributed by atoms with E-state index in [-0.39, 0.29) is 6.10 Å². The first-order valence-electron chi connectivity index (χ1n) is 7.81. The fourth-order valence-corrected chi connectivity index (χ4v) is 3.11. The van der Waals surface area contributed by atoms with Crippen LogP contribution in [0.1, 0.15) is 44.2 Å². The van der Waals surface area contributed by atoms with E-state index in [2.05, 4.69) is 18.3 Å². The van der Waals surface area contributed by atoms with E-state index in [1.807, 2.05) is 12.1 Å². The van der Waals surface area contributed by atoms with Crippen LogP contribution in [0.15, 0.2) is 18.2 Å². The molecule has 1 aromatic rings. The van der Waals surface area contributed by atoms with Crippen LogP contribution in [-0.2, 0) is 0 Å². The molecular weight excluding hydrogens is 266 g/mol. The molecule has 1 aliphatic carbocycles. The van der Waals surface area contributed by atoms with Crippen LogP contribution in [0.5, 0.6) is 11.5 Å². The standard InChI is InChI=1S/C17H27NO3/c1-4-15(18-11-12-5-7-14(19)9-12)13-6-8-16(20-2)17(10-13)21-3/h6,8,10,12,14-15,18-19H,4-5,7,9,11H2,1-3H3. The number of aliphatic hydroxyl groups excluding tert-OH is 1. The van der Waals surface area contributed by atoms with Crippen molar-refractivity contribution in [3.05, 3.63) is 23.8 Å². The van der Waals surface area contributed by atoms with Gasteiger partial charge in [-0.2, -0.15) is 0 Å². The normalized spacial score (nSPS) is 23.0. The maximum atomic E-state index is 9.61. The minimum Gasteiger partial charge on any atom is -0.493 e. The maximum Gasteiger partial charge on any atom is 0.161 e. The summed E-state index contributed by atoms with van der Waals surface area (Å²) >= 11 is 0. The van der Waals surface area contributed by atoms with Gasteiger partial charge in [0, 0.05) is 6.04 Å². The van der Waals surface area contributed by atoms with E-state index >= 15 is 0 Å². The lowest BCUT2D eigenvalue weighted by Crippen LogP contribution is -2.26. The van der Waals surface area contributed by atoms with E-state index in [0.29, 0.717) is 12.0 Å². The second kappa shape index (κ2) is 7.66. The highest BCUT2D eigenvalue weighted by molar-refractivity contribution is 5.43. The van der Waals surface area contributed by atoms with Crippen LogP contribution in [0.25, 0.3) is 0 Å². The van der Waals surface area contributed by atoms with Crippen LogP contribution in [0.4, 0.5) is 0 Å². The number of nitrogens with one attached hydrogen (secondary N) is 1. The summed E-state index contributed by atoms with van der Waals surface area (Å²) in [7, 11) is 3.31. The predicted molar refractivity (Wildman–Crippen MR) is 83.9 cm³/mol. The van der Waals surface area contributed by atoms with E-state index in [1.54, 1.807) is 14.2 Å². The zero-order valence-electron chi connectivity index (χ0n) is 13.3. The molecule has 0 amide bonds. The van der Waals surface area contributed by atoms with Gasteiger partial charge < -0.3 is 19.9 Å². The molecular formula is C17H27NO3. The molecule has 0 saturated heterocycles. The SMILES string of the molecule is CCC(NCC1CCC(O)C1)c1ccc(OC)c(OC)c1. The average molecular weight is 293 g/mol. The number of hydrogen-bond donors (Lipinski definition) is 2. The third-order valence-corrected chi connectivity index (χ3v) is 4.38. The Bertz CT molecular complexity index is 450. The fraction of sp³-hybridized carbons (Fsp3) is 0.647. The first-order chi connectivity index (χ1) is 10.2. The van der Waals surface area contributed by atoms with Crippen molar-refractivity contribution >= 4 is 0 Å². The summed E-state index contributed by atoms with van der Waals surface area (Å²) in [6.45, 7) is 3.14. The van der Waals surface area contributed by atoms with Gasteiger partial charge in [0.15, 0.2) is 11.5 Å². The molecule has 0 spiro atoms. The summed E-state index contributed by atoms with van der Waals surface area (Å²) in [5, 5.41) is 13.2. The minimum atomic E-state index is -0.0991. The Morgan fingerprint density at radius 2 is 2.00 bits per heavy atom. The van der Waals surface area contributed by atoms with E-state index in [0.717, 1.165) is 43.7 Å². The Hall–Kier alpha value is -1.26. The molecule has 2 N–H and O–H groups in total. The molecule has 0 heterocycles. The van der Waals surface area contributed by atoms with E-state index in [1.165, 1.54) is 5.56 Å². The lowest BCUT2D eigenvalue weighted by atomic mass is 10.0. The molecule has 0 aromatic heterocycles. The Kier molecular flexibility index (Phi) is 5.88. The second-order valence-corrected chi connectivity index (χ2v) is 5.82. The molecule has 4 heteroatoms. The Labute approximate surface area is 127 Å². The van der Waals surface area contributed by atoms with Crippen LogP contribution in [0.3, 0.4) is 0 Å². The topological polar surface area (TPSA) is 50.7 Å². The molecule has 1 aromatic carbocycles. The van der Waals surface area contributed by atoms with Crippen LogP contribution in [0.2, 0.25) is 0 Å². The zero-order valence-corrected chi connectivity index (χ0v) is 13.3. The fourth-order valence-electron chi connectivity index (χ4n) is 3.11. The summed E-state index contributed by atoms with van der Waals surface area (Å²) in [4.78, 5) is 0. The lowest BCUT2D eigenvalue weighted by Gasteiger charge is -2.21. The van der Waals surface area contributed by atoms with Gasteiger partial charge in [-0.3, -0.25) is 0 Å². The summed E-state index contributed by atoms with van der Waals surface area (Å²) in [5.74, 6) is 2.12. The van der Waals surface area contributed by atoms with Crippen LogP contribution in [0, 0.1) is 5.92 Å². The van der Waals surface area contributed by atoms with Crippen molar-refractivity contribution in [1.29, 1.82) is 0 Å².